The van der Waals surface area contributed by atoms with Crippen LogP contribution in [0.2, 0.25) is 0 Å². The second kappa shape index (κ2) is 21.9. The number of fused-ring (bicyclic) bond motifs is 1. The predicted octanol–water partition coefficient (Wildman–Crippen LogP) is 10.3. The summed E-state index contributed by atoms with van der Waals surface area (Å²) in [6.07, 6.45) is 12.4. The van der Waals surface area contributed by atoms with E-state index in [0.717, 1.165) is 108 Å². The highest BCUT2D eigenvalue weighted by Crippen LogP contribution is 2.27. The number of para-hydroxylation sites is 1. The zero-order valence-corrected chi connectivity index (χ0v) is 34.6. The molecule has 0 unspecified atom stereocenters. The van der Waals surface area contributed by atoms with Crippen LogP contribution in [-0.4, -0.2) is 76.3 Å². The highest BCUT2D eigenvalue weighted by molar-refractivity contribution is 7.09. The molecule has 6 aromatic rings. The number of aromatic nitrogens is 3. The van der Waals surface area contributed by atoms with Gasteiger partial charge in [-0.15, -0.1) is 22.7 Å². The molecule has 0 atom stereocenters. The van der Waals surface area contributed by atoms with Crippen LogP contribution in [0, 0.1) is 11.8 Å². The van der Waals surface area contributed by atoms with Crippen molar-refractivity contribution >= 4 is 45.6 Å². The summed E-state index contributed by atoms with van der Waals surface area (Å²) < 4.78 is 28.4. The van der Waals surface area contributed by atoms with E-state index in [-0.39, 0.29) is 25.4 Å². The number of carbonyl (C=O) groups is 2. The third-order valence-electron chi connectivity index (χ3n) is 10.3. The Labute approximate surface area is 352 Å². The molecule has 3 aromatic carbocycles. The van der Waals surface area contributed by atoms with Crippen molar-refractivity contribution < 1.29 is 33.3 Å². The van der Waals surface area contributed by atoms with Crippen molar-refractivity contribution in [1.29, 1.82) is 0 Å². The smallest absolute Gasteiger partial charge is 0.410 e. The largest absolute Gasteiger partial charge is 0.494 e. The summed E-state index contributed by atoms with van der Waals surface area (Å²) in [7, 11) is 0. The van der Waals surface area contributed by atoms with Gasteiger partial charge in [0.1, 0.15) is 46.2 Å². The average molecular weight is 836 g/mol. The standard InChI is InChI=1S/C24H26N2O4S.C21H23N3O3S/c27-24(29-18-23-25-12-16-31-23)26-13-9-19(10-14-26)11-15-28-21-7-4-8-22(17-21)30-20-5-2-1-3-6-20;25-21(27-15-20-23-8-12-28-20)24-9-4-16(5-10-24)6-11-26-19-2-1-17-3-7-22-14-18(17)13-19/h1-8,12,16-17,19H,9-11,13-15,18H2;1-3,7-8,12-14,16H,4-6,9-11,15H2. The van der Waals surface area contributed by atoms with Crippen molar-refractivity contribution in [2.75, 3.05) is 39.4 Å². The van der Waals surface area contributed by atoms with Crippen molar-refractivity contribution in [1.82, 2.24) is 24.8 Å². The number of piperidine rings is 2. The highest BCUT2D eigenvalue weighted by Gasteiger charge is 2.25. The lowest BCUT2D eigenvalue weighted by atomic mass is 9.94. The quantitative estimate of drug-likeness (QED) is 0.105. The monoisotopic (exact) mass is 835 g/mol. The normalized spacial score (nSPS) is 14.6. The van der Waals surface area contributed by atoms with E-state index in [9.17, 15) is 9.59 Å². The molecule has 2 aliphatic heterocycles. The van der Waals surface area contributed by atoms with Gasteiger partial charge in [0.15, 0.2) is 0 Å². The van der Waals surface area contributed by atoms with E-state index in [0.29, 0.717) is 25.0 Å². The van der Waals surface area contributed by atoms with Crippen LogP contribution in [0.3, 0.4) is 0 Å². The van der Waals surface area contributed by atoms with Gasteiger partial charge in [-0.25, -0.2) is 19.6 Å². The molecular weight excluding hydrogens is 787 g/mol. The second-order valence-corrected chi connectivity index (χ2v) is 16.3. The van der Waals surface area contributed by atoms with E-state index < -0.39 is 0 Å². The molecule has 0 saturated carbocycles. The number of likely N-dealkylation sites (tertiary alicyclic amines) is 2. The van der Waals surface area contributed by atoms with Crippen LogP contribution in [0.25, 0.3) is 10.8 Å². The Bertz CT molecular complexity index is 2160. The minimum Gasteiger partial charge on any atom is -0.494 e. The van der Waals surface area contributed by atoms with Gasteiger partial charge in [0.2, 0.25) is 0 Å². The van der Waals surface area contributed by atoms with Gasteiger partial charge in [0, 0.05) is 73.2 Å². The predicted molar refractivity (Wildman–Crippen MR) is 228 cm³/mol. The maximum Gasteiger partial charge on any atom is 0.410 e. The second-order valence-electron chi connectivity index (χ2n) is 14.4. The Balaban J connectivity index is 0.000000180. The van der Waals surface area contributed by atoms with Crippen LogP contribution in [-0.2, 0) is 22.7 Å². The minimum atomic E-state index is -0.250. The first kappa shape index (κ1) is 41.4. The molecule has 2 aliphatic rings. The molecule has 8 rings (SSSR count). The first-order valence-corrected chi connectivity index (χ1v) is 21.8. The summed E-state index contributed by atoms with van der Waals surface area (Å²) in [5.41, 5.74) is 0. The first-order chi connectivity index (χ1) is 29.0. The molecular formula is C45H49N5O7S2. The van der Waals surface area contributed by atoms with E-state index in [1.165, 1.54) is 22.7 Å². The van der Waals surface area contributed by atoms with Crippen molar-refractivity contribution in [3.63, 3.8) is 0 Å². The number of thiazole rings is 2. The number of carbonyl (C=O) groups excluding carboxylic acids is 2. The molecule has 0 aliphatic carbocycles. The summed E-state index contributed by atoms with van der Waals surface area (Å²) in [6.45, 7) is 4.76. The van der Waals surface area contributed by atoms with E-state index in [4.69, 9.17) is 23.7 Å². The number of pyridine rings is 1. The zero-order valence-electron chi connectivity index (χ0n) is 32.9. The molecule has 12 nitrogen and oxygen atoms in total. The topological polar surface area (TPSA) is 125 Å². The van der Waals surface area contributed by atoms with Crippen LogP contribution in [0.15, 0.2) is 114 Å². The van der Waals surface area contributed by atoms with Crippen molar-refractivity contribution in [3.05, 3.63) is 124 Å². The highest BCUT2D eigenvalue weighted by atomic mass is 32.1. The van der Waals surface area contributed by atoms with Gasteiger partial charge in [-0.1, -0.05) is 30.3 Å². The number of rotatable bonds is 14. The Kier molecular flexibility index (Phi) is 15.4. The van der Waals surface area contributed by atoms with Crippen molar-refractivity contribution in [3.8, 4) is 23.0 Å². The number of benzene rings is 3. The summed E-state index contributed by atoms with van der Waals surface area (Å²) >= 11 is 2.99. The fourth-order valence-electron chi connectivity index (χ4n) is 6.98. The van der Waals surface area contributed by atoms with Gasteiger partial charge in [-0.2, -0.15) is 0 Å². The average Bonchev–Trinajstić information content (AvgIpc) is 4.02. The number of ether oxygens (including phenoxy) is 5. The Morgan fingerprint density at radius 3 is 1.73 bits per heavy atom. The molecule has 59 heavy (non-hydrogen) atoms. The van der Waals surface area contributed by atoms with Crippen molar-refractivity contribution in [2.45, 2.75) is 51.7 Å². The van der Waals surface area contributed by atoms with Crippen LogP contribution >= 0.6 is 22.7 Å². The molecule has 0 bridgehead atoms. The van der Waals surface area contributed by atoms with E-state index in [2.05, 4.69) is 21.0 Å². The molecule has 2 fully saturated rings. The SMILES string of the molecule is O=C(OCc1nccs1)N1CCC(CCOc2ccc3ccncc3c2)CC1.O=C(OCc1nccs1)N1CCC(CCOc2cccc(Oc3ccccc3)c2)CC1. The molecule has 308 valence electrons. The Morgan fingerprint density at radius 1 is 0.593 bits per heavy atom. The van der Waals surface area contributed by atoms with Crippen molar-refractivity contribution in [2.24, 2.45) is 11.8 Å². The first-order valence-electron chi connectivity index (χ1n) is 20.1. The number of amides is 2. The third kappa shape index (κ3) is 13.1. The van der Waals surface area contributed by atoms with Gasteiger partial charge < -0.3 is 33.5 Å². The summed E-state index contributed by atoms with van der Waals surface area (Å²) in [6, 6.07) is 25.5. The van der Waals surface area contributed by atoms with Gasteiger partial charge in [0.25, 0.3) is 0 Å². The lowest BCUT2D eigenvalue weighted by Gasteiger charge is -2.31. The van der Waals surface area contributed by atoms with E-state index in [1.54, 1.807) is 28.4 Å². The lowest BCUT2D eigenvalue weighted by Crippen LogP contribution is -2.39. The molecule has 3 aromatic heterocycles. The zero-order chi connectivity index (χ0) is 40.5. The molecule has 14 heteroatoms. The summed E-state index contributed by atoms with van der Waals surface area (Å²) in [5.74, 6) is 4.36. The van der Waals surface area contributed by atoms with Gasteiger partial charge in [-0.3, -0.25) is 4.98 Å². The van der Waals surface area contributed by atoms with E-state index >= 15 is 0 Å². The maximum absolute atomic E-state index is 12.2. The fourth-order valence-corrected chi connectivity index (χ4v) is 8.03. The number of hydrogen-bond donors (Lipinski definition) is 0. The van der Waals surface area contributed by atoms with Gasteiger partial charge in [-0.05, 0) is 98.2 Å². The molecule has 0 spiro atoms. The van der Waals surface area contributed by atoms with E-state index in [1.807, 2.05) is 89.8 Å². The molecule has 0 radical (unpaired) electrons. The maximum atomic E-state index is 12.2. The minimum absolute atomic E-state index is 0.241. The van der Waals surface area contributed by atoms with Crippen LogP contribution in [0.4, 0.5) is 9.59 Å². The van der Waals surface area contributed by atoms with Crippen LogP contribution in [0.5, 0.6) is 23.0 Å². The Morgan fingerprint density at radius 2 is 1.15 bits per heavy atom. The number of nitrogens with zero attached hydrogens (tertiary/aromatic N) is 5. The number of hydrogen-bond acceptors (Lipinski definition) is 12. The molecule has 2 amide bonds. The summed E-state index contributed by atoms with van der Waals surface area (Å²) in [5, 5.41) is 7.65. The van der Waals surface area contributed by atoms with Gasteiger partial charge in [0.05, 0.1) is 13.2 Å². The van der Waals surface area contributed by atoms with Crippen LogP contribution in [0.1, 0.15) is 48.5 Å². The fraction of sp³-hybridized carbons (Fsp3) is 0.356. The molecule has 5 heterocycles. The van der Waals surface area contributed by atoms with Gasteiger partial charge >= 0.3 is 12.2 Å². The summed E-state index contributed by atoms with van der Waals surface area (Å²) in [4.78, 5) is 40.4. The van der Waals surface area contributed by atoms with Crippen LogP contribution < -0.4 is 14.2 Å². The molecule has 0 N–H and O–H groups in total. The molecule has 2 saturated heterocycles. The third-order valence-corrected chi connectivity index (χ3v) is 11.8. The Hall–Kier alpha value is -5.73. The lowest BCUT2D eigenvalue weighted by molar-refractivity contribution is 0.0792.